The Morgan fingerprint density at radius 2 is 2.00 bits per heavy atom. The second-order valence-corrected chi connectivity index (χ2v) is 10.3. The van der Waals surface area contributed by atoms with Crippen molar-refractivity contribution in [3.8, 4) is 0 Å². The average molecular weight is 384 g/mol. The first-order valence-electron chi connectivity index (χ1n) is 7.95. The van der Waals surface area contributed by atoms with Gasteiger partial charge in [0.2, 0.25) is 10.0 Å². The van der Waals surface area contributed by atoms with Gasteiger partial charge in [0.15, 0.2) is 9.84 Å². The maximum Gasteiger partial charge on any atom is 0.215 e. The molecule has 0 bridgehead atoms. The molecule has 0 saturated carbocycles. The molecule has 25 heavy (non-hydrogen) atoms. The summed E-state index contributed by atoms with van der Waals surface area (Å²) in [5.74, 6) is 0.106. The predicted octanol–water partition coefficient (Wildman–Crippen LogP) is 0.127. The van der Waals surface area contributed by atoms with Gasteiger partial charge in [0, 0.05) is 6.54 Å². The summed E-state index contributed by atoms with van der Waals surface area (Å²) in [6.07, 6.45) is 2.48. The molecule has 1 aliphatic heterocycles. The van der Waals surface area contributed by atoms with Crippen LogP contribution in [0.15, 0.2) is 36.7 Å². The van der Waals surface area contributed by atoms with E-state index in [1.165, 1.54) is 5.56 Å². The van der Waals surface area contributed by atoms with Crippen molar-refractivity contribution in [3.05, 3.63) is 48.0 Å². The van der Waals surface area contributed by atoms with Crippen LogP contribution in [0.4, 0.5) is 0 Å². The lowest BCUT2D eigenvalue weighted by Crippen LogP contribution is -2.35. The number of hydrogen-bond acceptors (Lipinski definition) is 6. The lowest BCUT2D eigenvalue weighted by atomic mass is 10.1. The van der Waals surface area contributed by atoms with Crippen molar-refractivity contribution in [2.75, 3.05) is 11.5 Å². The molecule has 2 heterocycles. The summed E-state index contributed by atoms with van der Waals surface area (Å²) in [6.45, 7) is 0.625. The molecule has 0 amide bonds. The van der Waals surface area contributed by atoms with Crippen molar-refractivity contribution in [3.63, 3.8) is 0 Å². The molecule has 3 rings (SSSR count). The largest absolute Gasteiger partial charge is 0.316 e. The highest BCUT2D eigenvalue weighted by molar-refractivity contribution is 7.95. The van der Waals surface area contributed by atoms with E-state index in [9.17, 15) is 16.8 Å². The number of benzene rings is 1. The molecule has 1 fully saturated rings. The molecule has 1 aromatic carbocycles. The standard InChI is InChI=1S/C15H20N4O4S2/c20-24(21)9-7-14(11-24)25(22,23)17-10-15-18-16-12-19(15)8-6-13-4-2-1-3-5-13/h1-5,12,14,17H,6-11H2/t14-/m0/s1. The van der Waals surface area contributed by atoms with Crippen LogP contribution in [0.5, 0.6) is 0 Å². The maximum atomic E-state index is 12.3. The van der Waals surface area contributed by atoms with Gasteiger partial charge in [-0.05, 0) is 18.4 Å². The van der Waals surface area contributed by atoms with Crippen LogP contribution in [-0.4, -0.2) is 48.4 Å². The lowest BCUT2D eigenvalue weighted by Gasteiger charge is -2.12. The molecule has 1 N–H and O–H groups in total. The smallest absolute Gasteiger partial charge is 0.215 e. The van der Waals surface area contributed by atoms with Gasteiger partial charge in [-0.3, -0.25) is 0 Å². The Bertz CT molecular complexity index is 923. The topological polar surface area (TPSA) is 111 Å². The van der Waals surface area contributed by atoms with Crippen LogP contribution in [0.3, 0.4) is 0 Å². The minimum absolute atomic E-state index is 0.00628. The van der Waals surface area contributed by atoms with E-state index in [2.05, 4.69) is 14.9 Å². The molecule has 0 unspecified atom stereocenters. The summed E-state index contributed by atoms with van der Waals surface area (Å²) in [7, 11) is -6.95. The summed E-state index contributed by atoms with van der Waals surface area (Å²) >= 11 is 0. The van der Waals surface area contributed by atoms with Gasteiger partial charge >= 0.3 is 0 Å². The summed E-state index contributed by atoms with van der Waals surface area (Å²) in [6, 6.07) is 9.92. The minimum atomic E-state index is -3.70. The summed E-state index contributed by atoms with van der Waals surface area (Å²) in [5, 5.41) is 6.90. The Labute approximate surface area is 147 Å². The molecule has 2 aromatic rings. The third-order valence-electron chi connectivity index (χ3n) is 4.24. The van der Waals surface area contributed by atoms with E-state index >= 15 is 0 Å². The fourth-order valence-corrected chi connectivity index (χ4v) is 6.81. The van der Waals surface area contributed by atoms with E-state index in [-0.39, 0.29) is 24.5 Å². The summed E-state index contributed by atoms with van der Waals surface area (Å²) < 4.78 is 51.8. The highest BCUT2D eigenvalue weighted by Crippen LogP contribution is 2.18. The summed E-state index contributed by atoms with van der Waals surface area (Å²) in [4.78, 5) is 0. The van der Waals surface area contributed by atoms with Gasteiger partial charge in [0.25, 0.3) is 0 Å². The molecule has 8 nitrogen and oxygen atoms in total. The van der Waals surface area contributed by atoms with E-state index in [1.807, 2.05) is 30.3 Å². The molecule has 1 saturated heterocycles. The Morgan fingerprint density at radius 1 is 1.24 bits per heavy atom. The van der Waals surface area contributed by atoms with E-state index in [0.29, 0.717) is 12.4 Å². The first-order valence-corrected chi connectivity index (χ1v) is 11.3. The normalized spacial score (nSPS) is 19.9. The second-order valence-electron chi connectivity index (χ2n) is 6.07. The van der Waals surface area contributed by atoms with Gasteiger partial charge in [-0.2, -0.15) is 0 Å². The average Bonchev–Trinajstić information content (AvgIpc) is 3.18. The number of rotatable bonds is 7. The molecule has 136 valence electrons. The molecule has 0 aliphatic carbocycles. The third-order valence-corrected chi connectivity index (χ3v) is 8.05. The van der Waals surface area contributed by atoms with Crippen LogP contribution in [-0.2, 0) is 39.4 Å². The van der Waals surface area contributed by atoms with Gasteiger partial charge in [-0.1, -0.05) is 30.3 Å². The van der Waals surface area contributed by atoms with E-state index in [0.717, 1.165) is 6.42 Å². The molecule has 0 spiro atoms. The highest BCUT2D eigenvalue weighted by atomic mass is 32.2. The van der Waals surface area contributed by atoms with Crippen LogP contribution < -0.4 is 4.72 Å². The first kappa shape index (κ1) is 18.0. The van der Waals surface area contributed by atoms with Crippen molar-refractivity contribution in [1.82, 2.24) is 19.5 Å². The van der Waals surface area contributed by atoms with Crippen molar-refractivity contribution in [1.29, 1.82) is 0 Å². The zero-order valence-electron chi connectivity index (χ0n) is 13.6. The van der Waals surface area contributed by atoms with Crippen LogP contribution >= 0.6 is 0 Å². The van der Waals surface area contributed by atoms with Gasteiger partial charge in [0.1, 0.15) is 12.2 Å². The number of nitrogens with one attached hydrogen (secondary N) is 1. The molecular formula is C15H20N4O4S2. The lowest BCUT2D eigenvalue weighted by molar-refractivity contribution is 0.560. The zero-order chi connectivity index (χ0) is 17.9. The first-order chi connectivity index (χ1) is 11.9. The minimum Gasteiger partial charge on any atom is -0.316 e. The number of aromatic nitrogens is 3. The van der Waals surface area contributed by atoms with Gasteiger partial charge in [0.05, 0.1) is 23.3 Å². The predicted molar refractivity (Wildman–Crippen MR) is 93.0 cm³/mol. The molecule has 1 atom stereocenters. The monoisotopic (exact) mass is 384 g/mol. The maximum absolute atomic E-state index is 12.3. The molecular weight excluding hydrogens is 364 g/mol. The molecule has 1 aliphatic rings. The third kappa shape index (κ3) is 4.65. The van der Waals surface area contributed by atoms with Crippen molar-refractivity contribution in [2.24, 2.45) is 0 Å². The number of aryl methyl sites for hydroxylation is 2. The Kier molecular flexibility index (Phi) is 5.21. The van der Waals surface area contributed by atoms with Crippen LogP contribution in [0, 0.1) is 0 Å². The highest BCUT2D eigenvalue weighted by Gasteiger charge is 2.37. The Hall–Kier alpha value is -1.78. The fourth-order valence-electron chi connectivity index (χ4n) is 2.79. The fraction of sp³-hybridized carbons (Fsp3) is 0.467. The number of hydrogen-bond donors (Lipinski definition) is 1. The van der Waals surface area contributed by atoms with Crippen LogP contribution in [0.1, 0.15) is 17.8 Å². The molecule has 1 aromatic heterocycles. The van der Waals surface area contributed by atoms with Crippen LogP contribution in [0.25, 0.3) is 0 Å². The second kappa shape index (κ2) is 7.22. The quantitative estimate of drug-likeness (QED) is 0.726. The number of nitrogens with zero attached hydrogens (tertiary/aromatic N) is 3. The Balaban J connectivity index is 1.60. The van der Waals surface area contributed by atoms with Crippen molar-refractivity contribution in [2.45, 2.75) is 31.2 Å². The van der Waals surface area contributed by atoms with E-state index < -0.39 is 25.1 Å². The van der Waals surface area contributed by atoms with E-state index in [4.69, 9.17) is 0 Å². The van der Waals surface area contributed by atoms with Crippen LogP contribution in [0.2, 0.25) is 0 Å². The SMILES string of the molecule is O=S1(=O)CC[C@H](S(=O)(=O)NCc2nncn2CCc2ccccc2)C1. The number of sulfone groups is 1. The Morgan fingerprint density at radius 3 is 2.68 bits per heavy atom. The van der Waals surface area contributed by atoms with Gasteiger partial charge < -0.3 is 4.57 Å². The molecule has 0 radical (unpaired) electrons. The summed E-state index contributed by atoms with van der Waals surface area (Å²) in [5.41, 5.74) is 1.17. The zero-order valence-corrected chi connectivity index (χ0v) is 15.2. The van der Waals surface area contributed by atoms with E-state index in [1.54, 1.807) is 10.9 Å². The van der Waals surface area contributed by atoms with Gasteiger partial charge in [-0.15, -0.1) is 10.2 Å². The van der Waals surface area contributed by atoms with Crippen molar-refractivity contribution < 1.29 is 16.8 Å². The van der Waals surface area contributed by atoms with Crippen molar-refractivity contribution >= 4 is 19.9 Å². The number of sulfonamides is 1. The molecule has 10 heteroatoms. The van der Waals surface area contributed by atoms with Gasteiger partial charge in [-0.25, -0.2) is 21.6 Å².